The predicted molar refractivity (Wildman–Crippen MR) is 70.1 cm³/mol. The van der Waals surface area contributed by atoms with Crippen molar-refractivity contribution in [2.24, 2.45) is 0 Å². The number of aromatic nitrogens is 2. The van der Waals surface area contributed by atoms with Crippen LogP contribution in [-0.2, 0) is 15.7 Å². The van der Waals surface area contributed by atoms with Gasteiger partial charge in [-0.05, 0) is 24.3 Å². The number of halogens is 1. The molecule has 2 rings (SSSR count). The van der Waals surface area contributed by atoms with Crippen LogP contribution in [-0.4, -0.2) is 24.6 Å². The van der Waals surface area contributed by atoms with Crippen molar-refractivity contribution in [3.8, 4) is 11.4 Å². The van der Waals surface area contributed by atoms with Gasteiger partial charge >= 0.3 is 0 Å². The Morgan fingerprint density at radius 1 is 1.11 bits per heavy atom. The van der Waals surface area contributed by atoms with Gasteiger partial charge in [0.15, 0.2) is 15.7 Å². The molecule has 0 atom stereocenters. The number of nitrogens with zero attached hydrogens (tertiary/aromatic N) is 2. The number of rotatable bonds is 3. The largest absolute Gasteiger partial charge is 0.236 e. The summed E-state index contributed by atoms with van der Waals surface area (Å²) in [6.45, 7) is 0. The first-order chi connectivity index (χ1) is 8.50. The average Bonchev–Trinajstić information content (AvgIpc) is 2.38. The molecule has 0 saturated carbocycles. The summed E-state index contributed by atoms with van der Waals surface area (Å²) in [6, 6.07) is 6.46. The SMILES string of the molecule is CS(=O)(=O)c1ccc(-c2ncc(CCl)cn2)cc1. The van der Waals surface area contributed by atoms with Gasteiger partial charge < -0.3 is 0 Å². The summed E-state index contributed by atoms with van der Waals surface area (Å²) in [6.07, 6.45) is 4.48. The highest BCUT2D eigenvalue weighted by atomic mass is 35.5. The van der Waals surface area contributed by atoms with Crippen molar-refractivity contribution in [3.63, 3.8) is 0 Å². The van der Waals surface area contributed by atoms with Crippen molar-refractivity contribution in [1.29, 1.82) is 0 Å². The van der Waals surface area contributed by atoms with Crippen LogP contribution in [0.1, 0.15) is 5.56 Å². The highest BCUT2D eigenvalue weighted by Gasteiger charge is 2.07. The first-order valence-corrected chi connectivity index (χ1v) is 7.60. The molecule has 1 aromatic heterocycles. The maximum absolute atomic E-state index is 11.3. The zero-order chi connectivity index (χ0) is 13.2. The van der Waals surface area contributed by atoms with Gasteiger partial charge in [0.1, 0.15) is 0 Å². The Hall–Kier alpha value is -1.46. The van der Waals surface area contributed by atoms with Gasteiger partial charge in [-0.25, -0.2) is 18.4 Å². The fourth-order valence-electron chi connectivity index (χ4n) is 1.42. The molecule has 0 fully saturated rings. The Labute approximate surface area is 111 Å². The third-order valence-corrected chi connectivity index (χ3v) is 3.84. The lowest BCUT2D eigenvalue weighted by Crippen LogP contribution is -1.97. The predicted octanol–water partition coefficient (Wildman–Crippen LogP) is 2.29. The molecule has 0 saturated heterocycles. The summed E-state index contributed by atoms with van der Waals surface area (Å²) in [5.41, 5.74) is 1.61. The van der Waals surface area contributed by atoms with Crippen LogP contribution >= 0.6 is 11.6 Å². The van der Waals surface area contributed by atoms with Crippen molar-refractivity contribution >= 4 is 21.4 Å². The van der Waals surface area contributed by atoms with Crippen LogP contribution in [0, 0.1) is 0 Å². The molecule has 0 spiro atoms. The monoisotopic (exact) mass is 282 g/mol. The van der Waals surface area contributed by atoms with E-state index in [2.05, 4.69) is 9.97 Å². The second kappa shape index (κ2) is 5.04. The summed E-state index contributed by atoms with van der Waals surface area (Å²) in [5.74, 6) is 0.914. The Kier molecular flexibility index (Phi) is 3.63. The minimum absolute atomic E-state index is 0.281. The molecule has 0 aliphatic carbocycles. The van der Waals surface area contributed by atoms with Gasteiger partial charge in [0.25, 0.3) is 0 Å². The van der Waals surface area contributed by atoms with E-state index in [9.17, 15) is 8.42 Å². The van der Waals surface area contributed by atoms with Gasteiger partial charge in [0.05, 0.1) is 10.8 Å². The first-order valence-electron chi connectivity index (χ1n) is 5.18. The van der Waals surface area contributed by atoms with Crippen LogP contribution in [0.25, 0.3) is 11.4 Å². The van der Waals surface area contributed by atoms with Gasteiger partial charge in [0.2, 0.25) is 0 Å². The smallest absolute Gasteiger partial charge is 0.175 e. The van der Waals surface area contributed by atoms with Gasteiger partial charge in [0, 0.05) is 29.8 Å². The second-order valence-corrected chi connectivity index (χ2v) is 6.13. The van der Waals surface area contributed by atoms with Gasteiger partial charge in [-0.1, -0.05) is 0 Å². The van der Waals surface area contributed by atoms with Crippen molar-refractivity contribution in [3.05, 3.63) is 42.2 Å². The standard InChI is InChI=1S/C12H11ClN2O2S/c1-18(16,17)11-4-2-10(3-5-11)12-14-7-9(6-13)8-15-12/h2-5,7-8H,6H2,1H3. The lowest BCUT2D eigenvalue weighted by atomic mass is 10.2. The van der Waals surface area contributed by atoms with Gasteiger partial charge in [-0.3, -0.25) is 0 Å². The van der Waals surface area contributed by atoms with Crippen molar-refractivity contribution < 1.29 is 8.42 Å². The van der Waals surface area contributed by atoms with Crippen molar-refractivity contribution in [2.45, 2.75) is 10.8 Å². The number of hydrogen-bond donors (Lipinski definition) is 0. The van der Waals surface area contributed by atoms with Gasteiger partial charge in [-0.2, -0.15) is 0 Å². The Balaban J connectivity index is 2.34. The van der Waals surface area contributed by atoms with Crippen molar-refractivity contribution in [1.82, 2.24) is 9.97 Å². The molecule has 18 heavy (non-hydrogen) atoms. The molecule has 0 N–H and O–H groups in total. The normalized spacial score (nSPS) is 11.4. The molecule has 4 nitrogen and oxygen atoms in total. The number of alkyl halides is 1. The number of benzene rings is 1. The van der Waals surface area contributed by atoms with Crippen LogP contribution in [0.15, 0.2) is 41.6 Å². The van der Waals surface area contributed by atoms with E-state index in [1.165, 1.54) is 6.26 Å². The third-order valence-electron chi connectivity index (χ3n) is 2.40. The lowest BCUT2D eigenvalue weighted by molar-refractivity contribution is 0.602. The van der Waals surface area contributed by atoms with E-state index in [0.717, 1.165) is 11.1 Å². The molecular formula is C12H11ClN2O2S. The molecule has 0 bridgehead atoms. The van der Waals surface area contributed by atoms with E-state index in [1.807, 2.05) is 0 Å². The van der Waals surface area contributed by atoms with E-state index in [-0.39, 0.29) is 4.90 Å². The fourth-order valence-corrected chi connectivity index (χ4v) is 2.19. The van der Waals surface area contributed by atoms with Crippen LogP contribution in [0.5, 0.6) is 0 Å². The highest BCUT2D eigenvalue weighted by Crippen LogP contribution is 2.17. The van der Waals surface area contributed by atoms with Crippen LogP contribution in [0.4, 0.5) is 0 Å². The van der Waals surface area contributed by atoms with Crippen LogP contribution < -0.4 is 0 Å². The van der Waals surface area contributed by atoms with Crippen molar-refractivity contribution in [2.75, 3.05) is 6.26 Å². The van der Waals surface area contributed by atoms with E-state index < -0.39 is 9.84 Å². The quantitative estimate of drug-likeness (QED) is 0.811. The zero-order valence-electron chi connectivity index (χ0n) is 9.67. The number of sulfone groups is 1. The van der Waals surface area contributed by atoms with E-state index in [0.29, 0.717) is 11.7 Å². The fraction of sp³-hybridized carbons (Fsp3) is 0.167. The summed E-state index contributed by atoms with van der Waals surface area (Å²) >= 11 is 5.65. The molecule has 0 aliphatic rings. The van der Waals surface area contributed by atoms with Gasteiger partial charge in [-0.15, -0.1) is 11.6 Å². The molecule has 0 unspecified atom stereocenters. The molecule has 2 aromatic rings. The summed E-state index contributed by atoms with van der Waals surface area (Å²) in [7, 11) is -3.17. The zero-order valence-corrected chi connectivity index (χ0v) is 11.2. The number of hydrogen-bond acceptors (Lipinski definition) is 4. The Bertz CT molecular complexity index is 637. The molecule has 0 amide bonds. The molecule has 0 radical (unpaired) electrons. The molecule has 0 aliphatic heterocycles. The lowest BCUT2D eigenvalue weighted by Gasteiger charge is -2.02. The van der Waals surface area contributed by atoms with E-state index in [4.69, 9.17) is 11.6 Å². The van der Waals surface area contributed by atoms with E-state index >= 15 is 0 Å². The Morgan fingerprint density at radius 2 is 1.67 bits per heavy atom. The summed E-state index contributed by atoms with van der Waals surface area (Å²) in [5, 5.41) is 0. The summed E-state index contributed by atoms with van der Waals surface area (Å²) < 4.78 is 22.6. The average molecular weight is 283 g/mol. The third kappa shape index (κ3) is 2.86. The van der Waals surface area contributed by atoms with E-state index in [1.54, 1.807) is 36.7 Å². The molecule has 94 valence electrons. The second-order valence-electron chi connectivity index (χ2n) is 3.85. The minimum Gasteiger partial charge on any atom is -0.236 e. The van der Waals surface area contributed by atoms with Crippen LogP contribution in [0.2, 0.25) is 0 Å². The molecular weight excluding hydrogens is 272 g/mol. The first kappa shape index (κ1) is 13.0. The Morgan fingerprint density at radius 3 is 2.11 bits per heavy atom. The maximum Gasteiger partial charge on any atom is 0.175 e. The molecule has 1 aromatic carbocycles. The van der Waals surface area contributed by atoms with Crippen LogP contribution in [0.3, 0.4) is 0 Å². The topological polar surface area (TPSA) is 59.9 Å². The highest BCUT2D eigenvalue weighted by molar-refractivity contribution is 7.90. The maximum atomic E-state index is 11.3. The molecule has 6 heteroatoms. The molecule has 1 heterocycles. The minimum atomic E-state index is -3.17. The summed E-state index contributed by atoms with van der Waals surface area (Å²) in [4.78, 5) is 8.61.